The molecule has 1 N–H and O–H groups in total. The second-order valence-electron chi connectivity index (χ2n) is 4.94. The highest BCUT2D eigenvalue weighted by molar-refractivity contribution is 8.00. The van der Waals surface area contributed by atoms with Crippen molar-refractivity contribution in [2.45, 2.75) is 37.0 Å². The Kier molecular flexibility index (Phi) is 5.52. The van der Waals surface area contributed by atoms with Crippen molar-refractivity contribution in [2.75, 3.05) is 19.9 Å². The van der Waals surface area contributed by atoms with Gasteiger partial charge in [0.15, 0.2) is 11.6 Å². The molecule has 1 heterocycles. The molecule has 2 unspecified atom stereocenters. The van der Waals surface area contributed by atoms with E-state index in [2.05, 4.69) is 5.32 Å². The summed E-state index contributed by atoms with van der Waals surface area (Å²) < 4.78 is 19.2. The average Bonchev–Trinajstić information content (AvgIpc) is 2.47. The fraction of sp³-hybridized carbons (Fsp3) is 0.600. The average molecular weight is 283 g/mol. The molecular weight excluding hydrogens is 261 g/mol. The monoisotopic (exact) mass is 283 g/mol. The van der Waals surface area contributed by atoms with Crippen molar-refractivity contribution in [3.8, 4) is 5.75 Å². The largest absolute Gasteiger partial charge is 0.494 e. The summed E-state index contributed by atoms with van der Waals surface area (Å²) in [4.78, 5) is 0. The first-order valence-corrected chi connectivity index (χ1v) is 7.91. The van der Waals surface area contributed by atoms with Crippen LogP contribution in [0.1, 0.15) is 24.8 Å². The van der Waals surface area contributed by atoms with Gasteiger partial charge in [0.2, 0.25) is 0 Å². The first-order valence-electron chi connectivity index (χ1n) is 6.86. The van der Waals surface area contributed by atoms with E-state index >= 15 is 0 Å². The highest BCUT2D eigenvalue weighted by Gasteiger charge is 2.24. The molecule has 1 aliphatic heterocycles. The maximum atomic E-state index is 14.2. The lowest BCUT2D eigenvalue weighted by Crippen LogP contribution is -2.39. The zero-order chi connectivity index (χ0) is 13.7. The molecule has 1 aliphatic rings. The Bertz CT molecular complexity index is 407. The Morgan fingerprint density at radius 3 is 2.95 bits per heavy atom. The van der Waals surface area contributed by atoms with E-state index < -0.39 is 0 Å². The number of benzene rings is 1. The molecule has 4 heteroatoms. The van der Waals surface area contributed by atoms with Crippen molar-refractivity contribution in [2.24, 2.45) is 0 Å². The first kappa shape index (κ1) is 14.7. The fourth-order valence-corrected chi connectivity index (χ4v) is 4.08. The van der Waals surface area contributed by atoms with Crippen molar-refractivity contribution in [1.82, 2.24) is 5.32 Å². The second kappa shape index (κ2) is 7.15. The molecule has 0 spiro atoms. The number of rotatable bonds is 5. The number of ether oxygens (including phenoxy) is 1. The molecule has 0 aliphatic carbocycles. The molecule has 0 radical (unpaired) electrons. The summed E-state index contributed by atoms with van der Waals surface area (Å²) in [5, 5.41) is 3.94. The predicted octanol–water partition coefficient (Wildman–Crippen LogP) is 3.25. The van der Waals surface area contributed by atoms with E-state index in [1.807, 2.05) is 30.9 Å². The van der Waals surface area contributed by atoms with Crippen LogP contribution in [-0.2, 0) is 6.42 Å². The number of hydrogen-bond acceptors (Lipinski definition) is 3. The van der Waals surface area contributed by atoms with Gasteiger partial charge in [0.05, 0.1) is 7.11 Å². The van der Waals surface area contributed by atoms with Crippen LogP contribution in [0.3, 0.4) is 0 Å². The van der Waals surface area contributed by atoms with E-state index in [9.17, 15) is 4.39 Å². The second-order valence-corrected chi connectivity index (χ2v) is 6.28. The quantitative estimate of drug-likeness (QED) is 0.896. The minimum atomic E-state index is -0.217. The van der Waals surface area contributed by atoms with E-state index in [-0.39, 0.29) is 5.82 Å². The predicted molar refractivity (Wildman–Crippen MR) is 79.6 cm³/mol. The summed E-state index contributed by atoms with van der Waals surface area (Å²) >= 11 is 2.01. The molecule has 0 bridgehead atoms. The number of nitrogens with one attached hydrogen (secondary N) is 1. The Hall–Kier alpha value is -0.740. The van der Waals surface area contributed by atoms with Gasteiger partial charge in [-0.1, -0.05) is 18.6 Å². The Morgan fingerprint density at radius 1 is 1.47 bits per heavy atom. The van der Waals surface area contributed by atoms with Crippen molar-refractivity contribution >= 4 is 11.8 Å². The molecule has 0 amide bonds. The van der Waals surface area contributed by atoms with Gasteiger partial charge in [0, 0.05) is 11.3 Å². The molecule has 1 fully saturated rings. The van der Waals surface area contributed by atoms with Gasteiger partial charge in [-0.05, 0) is 43.7 Å². The third-order valence-electron chi connectivity index (χ3n) is 3.74. The number of likely N-dealkylation sites (N-methyl/N-ethyl adjacent to an activating group) is 1. The molecule has 1 aromatic carbocycles. The van der Waals surface area contributed by atoms with Crippen LogP contribution in [0.15, 0.2) is 18.2 Å². The van der Waals surface area contributed by atoms with Crippen molar-refractivity contribution in [1.29, 1.82) is 0 Å². The number of methoxy groups -OCH3 is 1. The summed E-state index contributed by atoms with van der Waals surface area (Å²) in [6.45, 7) is 0. The Balaban J connectivity index is 2.09. The minimum Gasteiger partial charge on any atom is -0.494 e. The van der Waals surface area contributed by atoms with Crippen molar-refractivity contribution in [3.63, 3.8) is 0 Å². The Morgan fingerprint density at radius 2 is 2.32 bits per heavy atom. The lowest BCUT2D eigenvalue weighted by atomic mass is 9.99. The number of halogens is 1. The van der Waals surface area contributed by atoms with Gasteiger partial charge in [-0.2, -0.15) is 11.8 Å². The standard InChI is InChI=1S/C15H22FNOS/c1-17-12(14-8-3-4-9-19-14)10-11-6-5-7-13(18-2)15(11)16/h5-7,12,14,17H,3-4,8-10H2,1-2H3. The zero-order valence-corrected chi connectivity index (χ0v) is 12.4. The minimum absolute atomic E-state index is 0.217. The van der Waals surface area contributed by atoms with E-state index in [0.29, 0.717) is 17.0 Å². The van der Waals surface area contributed by atoms with Crippen LogP contribution < -0.4 is 10.1 Å². The SMILES string of the molecule is CNC(Cc1cccc(OC)c1F)C1CCCCS1. The lowest BCUT2D eigenvalue weighted by molar-refractivity contribution is 0.382. The Labute approximate surface area is 119 Å². The maximum absolute atomic E-state index is 14.2. The van der Waals surface area contributed by atoms with E-state index in [0.717, 1.165) is 12.0 Å². The molecule has 0 aromatic heterocycles. The van der Waals surface area contributed by atoms with Crippen LogP contribution in [0.2, 0.25) is 0 Å². The van der Waals surface area contributed by atoms with Gasteiger partial charge in [-0.3, -0.25) is 0 Å². The van der Waals surface area contributed by atoms with Crippen LogP contribution in [0, 0.1) is 5.82 Å². The lowest BCUT2D eigenvalue weighted by Gasteiger charge is -2.29. The normalized spacial score (nSPS) is 21.1. The van der Waals surface area contributed by atoms with Gasteiger partial charge < -0.3 is 10.1 Å². The zero-order valence-electron chi connectivity index (χ0n) is 11.6. The van der Waals surface area contributed by atoms with Gasteiger partial charge >= 0.3 is 0 Å². The fourth-order valence-electron chi connectivity index (χ4n) is 2.61. The highest BCUT2D eigenvalue weighted by atomic mass is 32.2. The van der Waals surface area contributed by atoms with Crippen molar-refractivity contribution < 1.29 is 9.13 Å². The van der Waals surface area contributed by atoms with Crippen LogP contribution in [0.4, 0.5) is 4.39 Å². The van der Waals surface area contributed by atoms with Crippen molar-refractivity contribution in [3.05, 3.63) is 29.6 Å². The van der Waals surface area contributed by atoms with E-state index in [1.54, 1.807) is 6.07 Å². The van der Waals surface area contributed by atoms with Gasteiger partial charge in [-0.15, -0.1) is 0 Å². The van der Waals surface area contributed by atoms with E-state index in [1.165, 1.54) is 32.1 Å². The summed E-state index contributed by atoms with van der Waals surface area (Å²) in [6, 6.07) is 5.71. The molecule has 106 valence electrons. The van der Waals surface area contributed by atoms with Crippen LogP contribution in [-0.4, -0.2) is 31.2 Å². The van der Waals surface area contributed by atoms with Gasteiger partial charge in [-0.25, -0.2) is 4.39 Å². The summed E-state index contributed by atoms with van der Waals surface area (Å²) in [7, 11) is 3.48. The van der Waals surface area contributed by atoms with Crippen LogP contribution >= 0.6 is 11.8 Å². The third-order valence-corrected chi connectivity index (χ3v) is 5.25. The maximum Gasteiger partial charge on any atom is 0.168 e. The van der Waals surface area contributed by atoms with Crippen LogP contribution in [0.25, 0.3) is 0 Å². The molecule has 2 atom stereocenters. The number of hydrogen-bond donors (Lipinski definition) is 1. The number of thioether (sulfide) groups is 1. The summed E-state index contributed by atoms with van der Waals surface area (Å²) in [5.74, 6) is 1.35. The third kappa shape index (κ3) is 3.63. The molecule has 2 rings (SSSR count). The summed E-state index contributed by atoms with van der Waals surface area (Å²) in [6.07, 6.45) is 4.54. The summed E-state index contributed by atoms with van der Waals surface area (Å²) in [5.41, 5.74) is 0.741. The van der Waals surface area contributed by atoms with Crippen LogP contribution in [0.5, 0.6) is 5.75 Å². The van der Waals surface area contributed by atoms with E-state index in [4.69, 9.17) is 4.74 Å². The molecule has 0 saturated carbocycles. The van der Waals surface area contributed by atoms with Gasteiger partial charge in [0.1, 0.15) is 0 Å². The van der Waals surface area contributed by atoms with Gasteiger partial charge in [0.25, 0.3) is 0 Å². The molecule has 2 nitrogen and oxygen atoms in total. The molecular formula is C15H22FNOS. The first-order chi connectivity index (χ1) is 9.26. The smallest absolute Gasteiger partial charge is 0.168 e. The highest BCUT2D eigenvalue weighted by Crippen LogP contribution is 2.30. The molecule has 1 aromatic rings. The molecule has 19 heavy (non-hydrogen) atoms. The topological polar surface area (TPSA) is 21.3 Å². The molecule has 1 saturated heterocycles.